The SMILES string of the molecule is CCCCCCCCCCCCCCCCCCc1ccccc1N(C(=O)O)c1ccccc1. The van der Waals surface area contributed by atoms with E-state index in [1.54, 1.807) is 0 Å². The molecule has 0 bridgehead atoms. The van der Waals surface area contributed by atoms with Crippen molar-refractivity contribution in [1.82, 2.24) is 0 Å². The van der Waals surface area contributed by atoms with Crippen LogP contribution in [0.15, 0.2) is 54.6 Å². The van der Waals surface area contributed by atoms with Gasteiger partial charge in [-0.1, -0.05) is 140 Å². The molecule has 2 aromatic carbocycles. The van der Waals surface area contributed by atoms with Crippen molar-refractivity contribution in [1.29, 1.82) is 0 Å². The Morgan fingerprint density at radius 3 is 1.56 bits per heavy atom. The Kier molecular flexibility index (Phi) is 14.9. The molecule has 188 valence electrons. The summed E-state index contributed by atoms with van der Waals surface area (Å²) in [7, 11) is 0. The van der Waals surface area contributed by atoms with E-state index in [1.807, 2.05) is 48.5 Å². The fourth-order valence-corrected chi connectivity index (χ4v) is 4.73. The number of rotatable bonds is 19. The summed E-state index contributed by atoms with van der Waals surface area (Å²) in [5.41, 5.74) is 2.58. The number of hydrogen-bond acceptors (Lipinski definition) is 1. The maximum absolute atomic E-state index is 12.0. The maximum atomic E-state index is 12.0. The van der Waals surface area contributed by atoms with Gasteiger partial charge in [0.25, 0.3) is 0 Å². The van der Waals surface area contributed by atoms with Gasteiger partial charge in [-0.05, 0) is 36.6 Å². The predicted octanol–water partition coefficient (Wildman–Crippen LogP) is 10.3. The van der Waals surface area contributed by atoms with Crippen LogP contribution in [0, 0.1) is 0 Å². The summed E-state index contributed by atoms with van der Waals surface area (Å²) in [4.78, 5) is 13.4. The van der Waals surface area contributed by atoms with E-state index in [2.05, 4.69) is 13.0 Å². The van der Waals surface area contributed by atoms with Gasteiger partial charge in [-0.2, -0.15) is 0 Å². The van der Waals surface area contributed by atoms with E-state index in [0.717, 1.165) is 24.1 Å². The van der Waals surface area contributed by atoms with E-state index in [-0.39, 0.29) is 0 Å². The summed E-state index contributed by atoms with van der Waals surface area (Å²) in [6.45, 7) is 2.28. The predicted molar refractivity (Wildman–Crippen MR) is 146 cm³/mol. The minimum atomic E-state index is -0.939. The van der Waals surface area contributed by atoms with Crippen molar-refractivity contribution in [3.05, 3.63) is 60.2 Å². The number of carboxylic acid groups (broad SMARTS) is 1. The van der Waals surface area contributed by atoms with Gasteiger partial charge >= 0.3 is 6.09 Å². The molecule has 0 spiro atoms. The highest BCUT2D eigenvalue weighted by Crippen LogP contribution is 2.30. The molecule has 0 radical (unpaired) electrons. The summed E-state index contributed by atoms with van der Waals surface area (Å²) in [6.07, 6.45) is 21.8. The smallest absolute Gasteiger partial charge is 0.416 e. The maximum Gasteiger partial charge on any atom is 0.416 e. The number of aryl methyl sites for hydroxylation is 1. The number of amides is 1. The molecular weight excluding hydrogens is 418 g/mol. The molecule has 1 N–H and O–H groups in total. The van der Waals surface area contributed by atoms with Crippen molar-refractivity contribution >= 4 is 17.5 Å². The number of unbranched alkanes of at least 4 members (excludes halogenated alkanes) is 15. The van der Waals surface area contributed by atoms with Crippen LogP contribution in [0.5, 0.6) is 0 Å². The van der Waals surface area contributed by atoms with Crippen molar-refractivity contribution in [3.8, 4) is 0 Å². The first-order valence-corrected chi connectivity index (χ1v) is 13.9. The fraction of sp³-hybridized carbons (Fsp3) is 0.581. The van der Waals surface area contributed by atoms with Crippen LogP contribution < -0.4 is 4.90 Å². The molecule has 0 saturated heterocycles. The van der Waals surface area contributed by atoms with E-state index in [4.69, 9.17) is 0 Å². The number of benzene rings is 2. The number of carbonyl (C=O) groups is 1. The zero-order chi connectivity index (χ0) is 24.3. The van der Waals surface area contributed by atoms with Gasteiger partial charge in [0.05, 0.1) is 11.4 Å². The Labute approximate surface area is 208 Å². The third-order valence-electron chi connectivity index (χ3n) is 6.74. The van der Waals surface area contributed by atoms with Crippen LogP contribution in [-0.4, -0.2) is 11.2 Å². The van der Waals surface area contributed by atoms with Crippen LogP contribution in [0.2, 0.25) is 0 Å². The number of anilines is 2. The minimum Gasteiger partial charge on any atom is -0.464 e. The number of hydrogen-bond donors (Lipinski definition) is 1. The lowest BCUT2D eigenvalue weighted by molar-refractivity contribution is 0.204. The molecule has 1 amide bonds. The Hall–Kier alpha value is -2.29. The van der Waals surface area contributed by atoms with E-state index >= 15 is 0 Å². The summed E-state index contributed by atoms with van der Waals surface area (Å²) in [5, 5.41) is 9.84. The second-order valence-corrected chi connectivity index (χ2v) is 9.64. The van der Waals surface area contributed by atoms with Crippen LogP contribution in [-0.2, 0) is 6.42 Å². The molecule has 0 fully saturated rings. The van der Waals surface area contributed by atoms with Crippen LogP contribution >= 0.6 is 0 Å². The highest BCUT2D eigenvalue weighted by atomic mass is 16.4. The molecule has 0 aliphatic heterocycles. The topological polar surface area (TPSA) is 40.5 Å². The van der Waals surface area contributed by atoms with Crippen LogP contribution in [0.3, 0.4) is 0 Å². The molecule has 0 aliphatic carbocycles. The van der Waals surface area contributed by atoms with Gasteiger partial charge in [-0.25, -0.2) is 9.69 Å². The Bertz CT molecular complexity index is 774. The van der Waals surface area contributed by atoms with E-state index in [0.29, 0.717) is 5.69 Å². The lowest BCUT2D eigenvalue weighted by Crippen LogP contribution is -2.24. The Balaban J connectivity index is 1.56. The Morgan fingerprint density at radius 2 is 1.06 bits per heavy atom. The summed E-state index contributed by atoms with van der Waals surface area (Å²) in [5.74, 6) is 0. The largest absolute Gasteiger partial charge is 0.464 e. The highest BCUT2D eigenvalue weighted by Gasteiger charge is 2.19. The normalized spacial score (nSPS) is 11.0. The third-order valence-corrected chi connectivity index (χ3v) is 6.74. The van der Waals surface area contributed by atoms with E-state index < -0.39 is 6.09 Å². The standard InChI is InChI=1S/C31H47NO2/c1-2-3-4-5-6-7-8-9-10-11-12-13-14-15-16-18-23-28-24-21-22-27-30(28)32(31(33)34)29-25-19-17-20-26-29/h17,19-22,24-27H,2-16,18,23H2,1H3,(H,33,34). The van der Waals surface area contributed by atoms with Gasteiger partial charge < -0.3 is 5.11 Å². The average molecular weight is 466 g/mol. The van der Waals surface area contributed by atoms with Gasteiger partial charge in [0.2, 0.25) is 0 Å². The lowest BCUT2D eigenvalue weighted by atomic mass is 10.0. The molecule has 34 heavy (non-hydrogen) atoms. The van der Waals surface area contributed by atoms with Crippen LogP contribution in [0.4, 0.5) is 16.2 Å². The van der Waals surface area contributed by atoms with E-state index in [9.17, 15) is 9.90 Å². The van der Waals surface area contributed by atoms with Gasteiger partial charge in [-0.3, -0.25) is 0 Å². The number of nitrogens with zero attached hydrogens (tertiary/aromatic N) is 1. The molecule has 0 atom stereocenters. The van der Waals surface area contributed by atoms with Crippen molar-refractivity contribution in [3.63, 3.8) is 0 Å². The quantitative estimate of drug-likeness (QED) is 0.210. The highest BCUT2D eigenvalue weighted by molar-refractivity contribution is 5.95. The first-order chi connectivity index (χ1) is 16.7. The van der Waals surface area contributed by atoms with Crippen molar-refractivity contribution in [2.45, 2.75) is 116 Å². The monoisotopic (exact) mass is 465 g/mol. The van der Waals surface area contributed by atoms with Crippen molar-refractivity contribution < 1.29 is 9.90 Å². The average Bonchev–Trinajstić information content (AvgIpc) is 2.85. The van der Waals surface area contributed by atoms with E-state index in [1.165, 1.54) is 101 Å². The van der Waals surface area contributed by atoms with Crippen molar-refractivity contribution in [2.24, 2.45) is 0 Å². The molecule has 3 heteroatoms. The van der Waals surface area contributed by atoms with Crippen LogP contribution in [0.1, 0.15) is 115 Å². The van der Waals surface area contributed by atoms with Gasteiger partial charge in [0.15, 0.2) is 0 Å². The Morgan fingerprint density at radius 1 is 0.618 bits per heavy atom. The molecule has 0 aliphatic rings. The molecule has 0 saturated carbocycles. The second-order valence-electron chi connectivity index (χ2n) is 9.64. The van der Waals surface area contributed by atoms with Gasteiger partial charge in [-0.15, -0.1) is 0 Å². The lowest BCUT2D eigenvalue weighted by Gasteiger charge is -2.22. The summed E-state index contributed by atoms with van der Waals surface area (Å²) >= 11 is 0. The zero-order valence-electron chi connectivity index (χ0n) is 21.5. The number of para-hydroxylation sites is 2. The molecular formula is C31H47NO2. The summed E-state index contributed by atoms with van der Waals surface area (Å²) in [6, 6.07) is 17.3. The first-order valence-electron chi connectivity index (χ1n) is 13.9. The van der Waals surface area contributed by atoms with Crippen LogP contribution in [0.25, 0.3) is 0 Å². The van der Waals surface area contributed by atoms with Crippen molar-refractivity contribution in [2.75, 3.05) is 4.90 Å². The fourth-order valence-electron chi connectivity index (χ4n) is 4.73. The minimum absolute atomic E-state index is 0.689. The third kappa shape index (κ3) is 11.2. The second kappa shape index (κ2) is 18.1. The summed E-state index contributed by atoms with van der Waals surface area (Å²) < 4.78 is 0. The molecule has 0 unspecified atom stereocenters. The molecule has 3 nitrogen and oxygen atoms in total. The zero-order valence-corrected chi connectivity index (χ0v) is 21.5. The molecule has 0 heterocycles. The molecule has 2 rings (SSSR count). The van der Waals surface area contributed by atoms with Gasteiger partial charge in [0.1, 0.15) is 0 Å². The molecule has 0 aromatic heterocycles. The van der Waals surface area contributed by atoms with Gasteiger partial charge in [0, 0.05) is 0 Å². The first kappa shape index (κ1) is 28.0. The molecule has 2 aromatic rings.